The lowest BCUT2D eigenvalue weighted by Crippen LogP contribution is -2.25. The van der Waals surface area contributed by atoms with Gasteiger partial charge in [0, 0.05) is 32.3 Å². The summed E-state index contributed by atoms with van der Waals surface area (Å²) in [7, 11) is 1.96. The normalized spacial score (nSPS) is 16.3. The molecular weight excluding hydrogens is 438 g/mol. The van der Waals surface area contributed by atoms with Crippen LogP contribution in [0.1, 0.15) is 19.0 Å². The minimum absolute atomic E-state index is 0.0110. The fraction of sp³-hybridized carbons (Fsp3) is 0.364. The van der Waals surface area contributed by atoms with Crippen LogP contribution in [0.2, 0.25) is 0 Å². The van der Waals surface area contributed by atoms with Gasteiger partial charge in [-0.2, -0.15) is 10.1 Å². The third-order valence-electron chi connectivity index (χ3n) is 6.21. The maximum Gasteiger partial charge on any atom is 0.245 e. The molecule has 10 nitrogen and oxygen atoms in total. The van der Waals surface area contributed by atoms with Gasteiger partial charge in [0.05, 0.1) is 28.5 Å². The van der Waals surface area contributed by atoms with Crippen LogP contribution in [-0.4, -0.2) is 58.5 Å². The fourth-order valence-corrected chi connectivity index (χ4v) is 5.33. The van der Waals surface area contributed by atoms with E-state index in [4.69, 9.17) is 9.72 Å². The van der Waals surface area contributed by atoms with Gasteiger partial charge < -0.3 is 14.2 Å². The number of imidazole rings is 1. The number of ether oxygens (including phenoxy) is 1. The third kappa shape index (κ3) is 3.22. The third-order valence-corrected chi connectivity index (χ3v) is 7.11. The molecule has 0 radical (unpaired) electrons. The lowest BCUT2D eigenvalue weighted by atomic mass is 10.2. The van der Waals surface area contributed by atoms with Crippen LogP contribution >= 0.6 is 11.3 Å². The maximum atomic E-state index is 6.37. The van der Waals surface area contributed by atoms with Crippen LogP contribution in [0.15, 0.2) is 30.3 Å². The van der Waals surface area contributed by atoms with E-state index >= 15 is 0 Å². The molecule has 1 atom stereocenters. The van der Waals surface area contributed by atoms with Gasteiger partial charge in [0.2, 0.25) is 5.88 Å². The van der Waals surface area contributed by atoms with Gasteiger partial charge in [-0.05, 0) is 25.3 Å². The quantitative estimate of drug-likeness (QED) is 0.393. The molecule has 1 saturated heterocycles. The molecule has 0 N–H and O–H groups in total. The first-order chi connectivity index (χ1) is 16.1. The lowest BCUT2D eigenvalue weighted by molar-refractivity contribution is 0.218. The molecule has 6 rings (SSSR count). The van der Waals surface area contributed by atoms with Gasteiger partial charge in [0.1, 0.15) is 30.4 Å². The van der Waals surface area contributed by atoms with Gasteiger partial charge in [-0.3, -0.25) is 4.68 Å². The highest BCUT2D eigenvalue weighted by atomic mass is 32.1. The van der Waals surface area contributed by atoms with Crippen LogP contribution in [0.25, 0.3) is 32.8 Å². The van der Waals surface area contributed by atoms with Crippen LogP contribution in [0.5, 0.6) is 5.88 Å². The fourth-order valence-electron chi connectivity index (χ4n) is 4.47. The van der Waals surface area contributed by atoms with Crippen molar-refractivity contribution in [1.82, 2.24) is 39.3 Å². The molecular formula is C22H23N9OS. The Hall–Kier alpha value is -3.60. The molecule has 1 aliphatic rings. The summed E-state index contributed by atoms with van der Waals surface area (Å²) in [4.78, 5) is 24.9. The zero-order valence-electron chi connectivity index (χ0n) is 18.6. The van der Waals surface area contributed by atoms with Gasteiger partial charge in [0.15, 0.2) is 11.2 Å². The van der Waals surface area contributed by atoms with Crippen molar-refractivity contribution in [2.45, 2.75) is 32.9 Å². The van der Waals surface area contributed by atoms with Crippen molar-refractivity contribution in [3.8, 4) is 17.3 Å². The molecule has 168 valence electrons. The summed E-state index contributed by atoms with van der Waals surface area (Å²) in [6.07, 6.45) is 5.89. The first-order valence-corrected chi connectivity index (χ1v) is 11.8. The van der Waals surface area contributed by atoms with Crippen molar-refractivity contribution in [3.05, 3.63) is 36.0 Å². The second-order valence-corrected chi connectivity index (χ2v) is 9.03. The van der Waals surface area contributed by atoms with E-state index in [-0.39, 0.29) is 6.10 Å². The average Bonchev–Trinajstić information content (AvgIpc) is 3.61. The highest BCUT2D eigenvalue weighted by molar-refractivity contribution is 7.17. The number of rotatable bonds is 5. The molecule has 0 amide bonds. The molecule has 0 saturated carbocycles. The van der Waals surface area contributed by atoms with E-state index in [0.29, 0.717) is 11.4 Å². The molecule has 33 heavy (non-hydrogen) atoms. The Kier molecular flexibility index (Phi) is 4.72. The van der Waals surface area contributed by atoms with Crippen molar-refractivity contribution in [2.24, 2.45) is 7.05 Å². The molecule has 1 aliphatic heterocycles. The van der Waals surface area contributed by atoms with Crippen LogP contribution in [-0.2, 0) is 13.6 Å². The SMILES string of the molecule is CCn1ncc(-c2nc3c(OC4CCN(c5ncnc6ccsc56)C4)ncnc3n2C)c1C. The monoisotopic (exact) mass is 461 g/mol. The Morgan fingerprint density at radius 1 is 1.18 bits per heavy atom. The summed E-state index contributed by atoms with van der Waals surface area (Å²) < 4.78 is 11.4. The summed E-state index contributed by atoms with van der Waals surface area (Å²) in [5.74, 6) is 2.29. The second kappa shape index (κ2) is 7.77. The molecule has 0 aromatic carbocycles. The van der Waals surface area contributed by atoms with Crippen LogP contribution in [0, 0.1) is 6.92 Å². The Labute approximate surface area is 193 Å². The largest absolute Gasteiger partial charge is 0.471 e. The van der Waals surface area contributed by atoms with Crippen LogP contribution < -0.4 is 9.64 Å². The van der Waals surface area contributed by atoms with Crippen molar-refractivity contribution < 1.29 is 4.74 Å². The molecule has 0 bridgehead atoms. The first kappa shape index (κ1) is 20.0. The summed E-state index contributed by atoms with van der Waals surface area (Å²) in [6.45, 7) is 6.54. The van der Waals surface area contributed by atoms with Gasteiger partial charge in [-0.1, -0.05) is 0 Å². The first-order valence-electron chi connectivity index (χ1n) is 10.9. The highest BCUT2D eigenvalue weighted by Gasteiger charge is 2.28. The Bertz CT molecular complexity index is 1470. The van der Waals surface area contributed by atoms with Crippen LogP contribution in [0.4, 0.5) is 5.82 Å². The number of anilines is 1. The van der Waals surface area contributed by atoms with Crippen LogP contribution in [0.3, 0.4) is 0 Å². The maximum absolute atomic E-state index is 6.37. The number of aryl methyl sites for hydroxylation is 2. The number of hydrogen-bond acceptors (Lipinski definition) is 9. The number of hydrogen-bond donors (Lipinski definition) is 0. The summed E-state index contributed by atoms with van der Waals surface area (Å²) in [5, 5.41) is 6.51. The standard InChI is InChI=1S/C22H23N9OS/c1-4-31-13(2)15(9-27-31)19-28-17-20(29(19)3)24-12-26-22(17)32-14-5-7-30(10-14)21-18-16(6-8-33-18)23-11-25-21/h6,8-9,11-12,14H,4-5,7,10H2,1-3H3. The zero-order valence-corrected chi connectivity index (χ0v) is 19.5. The predicted octanol–water partition coefficient (Wildman–Crippen LogP) is 3.22. The van der Waals surface area contributed by atoms with E-state index in [1.54, 1.807) is 17.7 Å². The molecule has 6 heterocycles. The molecule has 5 aromatic rings. The lowest BCUT2D eigenvalue weighted by Gasteiger charge is -2.18. The minimum atomic E-state index is -0.0110. The molecule has 1 unspecified atom stereocenters. The van der Waals surface area contributed by atoms with Gasteiger partial charge >= 0.3 is 0 Å². The minimum Gasteiger partial charge on any atom is -0.471 e. The number of thiophene rings is 1. The number of aromatic nitrogens is 8. The van der Waals surface area contributed by atoms with E-state index in [1.165, 1.54) is 6.33 Å². The Morgan fingerprint density at radius 3 is 2.91 bits per heavy atom. The van der Waals surface area contributed by atoms with E-state index in [9.17, 15) is 0 Å². The molecule has 11 heteroatoms. The van der Waals surface area contributed by atoms with E-state index < -0.39 is 0 Å². The molecule has 0 aliphatic carbocycles. The van der Waals surface area contributed by atoms with Crippen molar-refractivity contribution in [1.29, 1.82) is 0 Å². The Morgan fingerprint density at radius 2 is 2.06 bits per heavy atom. The smallest absolute Gasteiger partial charge is 0.245 e. The van der Waals surface area contributed by atoms with Gasteiger partial charge in [-0.25, -0.2) is 19.9 Å². The average molecular weight is 462 g/mol. The zero-order chi connectivity index (χ0) is 22.5. The summed E-state index contributed by atoms with van der Waals surface area (Å²) >= 11 is 1.67. The Balaban J connectivity index is 1.29. The molecule has 1 fully saturated rings. The number of fused-ring (bicyclic) bond motifs is 2. The van der Waals surface area contributed by atoms with E-state index in [0.717, 1.165) is 64.8 Å². The van der Waals surface area contributed by atoms with Crippen molar-refractivity contribution >= 4 is 38.5 Å². The summed E-state index contributed by atoms with van der Waals surface area (Å²) in [6, 6.07) is 2.03. The molecule has 0 spiro atoms. The van der Waals surface area contributed by atoms with Crippen molar-refractivity contribution in [2.75, 3.05) is 18.0 Å². The van der Waals surface area contributed by atoms with Crippen molar-refractivity contribution in [3.63, 3.8) is 0 Å². The van der Waals surface area contributed by atoms with E-state index in [2.05, 4.69) is 49.2 Å². The number of nitrogens with zero attached hydrogens (tertiary/aromatic N) is 9. The van der Waals surface area contributed by atoms with Gasteiger partial charge in [-0.15, -0.1) is 11.3 Å². The molecule has 5 aromatic heterocycles. The summed E-state index contributed by atoms with van der Waals surface area (Å²) in [5.41, 5.74) is 4.44. The highest BCUT2D eigenvalue weighted by Crippen LogP contribution is 2.32. The van der Waals surface area contributed by atoms with Gasteiger partial charge in [0.25, 0.3) is 0 Å². The van der Waals surface area contributed by atoms with E-state index in [1.807, 2.05) is 28.6 Å². The second-order valence-electron chi connectivity index (χ2n) is 8.11. The topological polar surface area (TPSA) is 99.7 Å². The predicted molar refractivity (Wildman–Crippen MR) is 127 cm³/mol.